The second-order valence-corrected chi connectivity index (χ2v) is 7.39. The minimum atomic E-state index is -6.01. The number of fused-ring (bicyclic) bond motifs is 1. The van der Waals surface area contributed by atoms with Crippen LogP contribution in [0.15, 0.2) is 0 Å². The smallest absolute Gasteiger partial charge is 0.458 e. The van der Waals surface area contributed by atoms with Gasteiger partial charge in [-0.1, -0.05) is 0 Å². The van der Waals surface area contributed by atoms with Gasteiger partial charge in [-0.05, 0) is 12.8 Å². The van der Waals surface area contributed by atoms with E-state index in [1.165, 1.54) is 0 Å². The summed E-state index contributed by atoms with van der Waals surface area (Å²) in [5.74, 6) is -4.50. The molecule has 3 aliphatic rings. The van der Waals surface area contributed by atoms with E-state index in [4.69, 9.17) is 14.0 Å². The summed E-state index contributed by atoms with van der Waals surface area (Å²) in [6.45, 7) is -1.26. The van der Waals surface area contributed by atoms with Gasteiger partial charge in [-0.2, -0.15) is 17.2 Å². The summed E-state index contributed by atoms with van der Waals surface area (Å²) in [6.07, 6.45) is -0.204. The van der Waals surface area contributed by atoms with Crippen molar-refractivity contribution in [3.63, 3.8) is 0 Å². The highest BCUT2D eigenvalue weighted by Gasteiger charge is 2.63. The van der Waals surface area contributed by atoms with Crippen LogP contribution in [0, 0.1) is 17.8 Å². The number of hydrogen-bond donors (Lipinski definition) is 1. The van der Waals surface area contributed by atoms with Crippen LogP contribution in [0.4, 0.5) is 8.78 Å². The predicted molar refractivity (Wildman–Crippen MR) is 66.9 cm³/mol. The van der Waals surface area contributed by atoms with E-state index in [9.17, 15) is 31.6 Å². The maximum absolute atomic E-state index is 12.9. The Morgan fingerprint density at radius 1 is 1.33 bits per heavy atom. The molecule has 1 aliphatic heterocycles. The molecule has 0 spiro atoms. The highest BCUT2D eigenvalue weighted by Crippen LogP contribution is 2.55. The molecule has 0 aromatic rings. The largest absolute Gasteiger partial charge is 0.465 e. The maximum atomic E-state index is 12.9. The lowest BCUT2D eigenvalue weighted by Crippen LogP contribution is -2.41. The van der Waals surface area contributed by atoms with Crippen LogP contribution < -0.4 is 0 Å². The summed E-state index contributed by atoms with van der Waals surface area (Å²) < 4.78 is 68.9. The summed E-state index contributed by atoms with van der Waals surface area (Å²) in [5, 5.41) is -5.19. The summed E-state index contributed by atoms with van der Waals surface area (Å²) in [6, 6.07) is 0. The average Bonchev–Trinajstić information content (AvgIpc) is 3.08. The predicted octanol–water partition coefficient (Wildman–Crippen LogP) is -0.497. The SMILES string of the molecule is O=C(COC(=O)C(F)(F)S(=O)(=O)O)OC1[C@@H]2CC3C(=O)O[C@@H]1C3C2. The number of halogens is 2. The fraction of sp³-hybridized carbons (Fsp3) is 0.750. The zero-order valence-corrected chi connectivity index (χ0v) is 12.7. The van der Waals surface area contributed by atoms with Crippen LogP contribution in [0.2, 0.25) is 0 Å². The van der Waals surface area contributed by atoms with E-state index < -0.39 is 46.1 Å². The molecule has 5 atom stereocenters. The third-order valence-corrected chi connectivity index (χ3v) is 5.38. The Labute approximate surface area is 134 Å². The van der Waals surface area contributed by atoms with Crippen LogP contribution in [0.1, 0.15) is 12.8 Å². The minimum Gasteiger partial charge on any atom is -0.458 e. The van der Waals surface area contributed by atoms with Crippen LogP contribution in [-0.2, 0) is 38.7 Å². The van der Waals surface area contributed by atoms with Crippen molar-refractivity contribution in [3.8, 4) is 0 Å². The number of rotatable bonds is 5. The zero-order chi connectivity index (χ0) is 17.9. The van der Waals surface area contributed by atoms with Crippen molar-refractivity contribution in [1.29, 1.82) is 0 Å². The Morgan fingerprint density at radius 3 is 2.62 bits per heavy atom. The molecule has 0 aromatic heterocycles. The van der Waals surface area contributed by atoms with Gasteiger partial charge in [-0.3, -0.25) is 9.35 Å². The topological polar surface area (TPSA) is 133 Å². The van der Waals surface area contributed by atoms with Gasteiger partial charge in [0.1, 0.15) is 12.2 Å². The summed E-state index contributed by atoms with van der Waals surface area (Å²) in [5.41, 5.74) is 0. The molecule has 0 amide bonds. The molecule has 0 radical (unpaired) electrons. The van der Waals surface area contributed by atoms with Crippen LogP contribution in [0.25, 0.3) is 0 Å². The Bertz CT molecular complexity index is 703. The van der Waals surface area contributed by atoms with E-state index in [0.717, 1.165) is 0 Å². The summed E-state index contributed by atoms with van der Waals surface area (Å²) in [7, 11) is -6.01. The van der Waals surface area contributed by atoms with Gasteiger partial charge in [0.15, 0.2) is 6.61 Å². The van der Waals surface area contributed by atoms with E-state index in [2.05, 4.69) is 4.74 Å². The van der Waals surface area contributed by atoms with Gasteiger partial charge in [-0.25, -0.2) is 9.59 Å². The Kier molecular flexibility index (Phi) is 3.79. The molecule has 9 nitrogen and oxygen atoms in total. The molecule has 12 heteroatoms. The van der Waals surface area contributed by atoms with Crippen LogP contribution in [0.3, 0.4) is 0 Å². The molecule has 1 saturated heterocycles. The fourth-order valence-electron chi connectivity index (χ4n) is 3.56. The van der Waals surface area contributed by atoms with E-state index in [1.807, 2.05) is 0 Å². The van der Waals surface area contributed by atoms with Gasteiger partial charge in [-0.15, -0.1) is 0 Å². The lowest BCUT2D eigenvalue weighted by molar-refractivity contribution is -0.175. The van der Waals surface area contributed by atoms with Gasteiger partial charge < -0.3 is 14.2 Å². The average molecular weight is 370 g/mol. The van der Waals surface area contributed by atoms with E-state index >= 15 is 0 Å². The first-order valence-corrected chi connectivity index (χ1v) is 8.38. The van der Waals surface area contributed by atoms with Crippen LogP contribution in [-0.4, -0.2) is 54.9 Å². The molecule has 3 unspecified atom stereocenters. The molecule has 3 rings (SSSR count). The maximum Gasteiger partial charge on any atom is 0.465 e. The molecular weight excluding hydrogens is 358 g/mol. The Hall–Kier alpha value is -1.82. The third-order valence-electron chi connectivity index (χ3n) is 4.56. The highest BCUT2D eigenvalue weighted by molar-refractivity contribution is 7.87. The standard InChI is InChI=1S/C12H12F2O9S/c13-12(14,24(18,19)20)11(17)21-3-7(15)22-8-4-1-5-6(2-4)10(16)23-9(5)8/h4-6,8-9H,1-3H2,(H,18,19,20)/t4-,5?,6?,8?,9+/m0/s1. The molecule has 1 N–H and O–H groups in total. The molecule has 2 bridgehead atoms. The van der Waals surface area contributed by atoms with Gasteiger partial charge >= 0.3 is 33.3 Å². The summed E-state index contributed by atoms with van der Waals surface area (Å²) >= 11 is 0. The molecule has 2 aliphatic carbocycles. The fourth-order valence-corrected chi connectivity index (χ4v) is 3.83. The highest BCUT2D eigenvalue weighted by atomic mass is 32.2. The number of carbonyl (C=O) groups excluding carboxylic acids is 3. The van der Waals surface area contributed by atoms with Crippen molar-refractivity contribution in [2.75, 3.05) is 6.61 Å². The first-order chi connectivity index (χ1) is 11.0. The van der Waals surface area contributed by atoms with Crippen molar-refractivity contribution in [2.24, 2.45) is 17.8 Å². The van der Waals surface area contributed by atoms with Crippen molar-refractivity contribution in [1.82, 2.24) is 0 Å². The van der Waals surface area contributed by atoms with E-state index in [-0.39, 0.29) is 23.7 Å². The summed E-state index contributed by atoms with van der Waals surface area (Å²) in [4.78, 5) is 34.1. The first-order valence-electron chi connectivity index (χ1n) is 6.94. The first kappa shape index (κ1) is 17.0. The normalized spacial score (nSPS) is 34.1. The molecule has 134 valence electrons. The van der Waals surface area contributed by atoms with Crippen molar-refractivity contribution in [3.05, 3.63) is 0 Å². The molecule has 2 saturated carbocycles. The number of esters is 3. The van der Waals surface area contributed by atoms with Gasteiger partial charge in [0.2, 0.25) is 0 Å². The lowest BCUT2D eigenvalue weighted by atomic mass is 9.88. The Morgan fingerprint density at radius 2 is 2.00 bits per heavy atom. The lowest BCUT2D eigenvalue weighted by Gasteiger charge is -2.25. The second kappa shape index (κ2) is 5.34. The van der Waals surface area contributed by atoms with E-state index in [0.29, 0.717) is 12.8 Å². The Balaban J connectivity index is 1.54. The minimum absolute atomic E-state index is 0.0493. The number of alkyl halides is 2. The molecule has 24 heavy (non-hydrogen) atoms. The molecule has 3 fully saturated rings. The van der Waals surface area contributed by atoms with Gasteiger partial charge in [0.25, 0.3) is 0 Å². The molecule has 1 heterocycles. The monoisotopic (exact) mass is 370 g/mol. The number of ether oxygens (including phenoxy) is 3. The van der Waals surface area contributed by atoms with Gasteiger partial charge in [0, 0.05) is 11.8 Å². The number of carbonyl (C=O) groups is 3. The van der Waals surface area contributed by atoms with Crippen LogP contribution in [0.5, 0.6) is 0 Å². The van der Waals surface area contributed by atoms with Crippen LogP contribution >= 0.6 is 0 Å². The van der Waals surface area contributed by atoms with Crippen molar-refractivity contribution >= 4 is 28.0 Å². The van der Waals surface area contributed by atoms with E-state index in [1.54, 1.807) is 0 Å². The quantitative estimate of drug-likeness (QED) is 0.386. The number of hydrogen-bond acceptors (Lipinski definition) is 8. The van der Waals surface area contributed by atoms with Crippen molar-refractivity contribution in [2.45, 2.75) is 30.3 Å². The second-order valence-electron chi connectivity index (χ2n) is 5.93. The van der Waals surface area contributed by atoms with Crippen molar-refractivity contribution < 1.29 is 50.3 Å². The zero-order valence-electron chi connectivity index (χ0n) is 11.9. The van der Waals surface area contributed by atoms with Gasteiger partial charge in [0.05, 0.1) is 5.92 Å². The molecule has 0 aromatic carbocycles. The third kappa shape index (κ3) is 2.53. The molecular formula is C12H12F2O9S.